The van der Waals surface area contributed by atoms with Crippen LogP contribution in [0.1, 0.15) is 25.0 Å². The number of methoxy groups -OCH3 is 2. The smallest absolute Gasteiger partial charge is 0.264 e. The number of nitrogens with one attached hydrogen (secondary N) is 1. The lowest BCUT2D eigenvalue weighted by Crippen LogP contribution is -2.39. The second-order valence-electron chi connectivity index (χ2n) is 8.39. The summed E-state index contributed by atoms with van der Waals surface area (Å²) in [4.78, 5) is 12.9. The van der Waals surface area contributed by atoms with E-state index in [9.17, 15) is 13.2 Å². The number of nitrogens with zero attached hydrogens (tertiary/aromatic N) is 2. The zero-order valence-corrected chi connectivity index (χ0v) is 22.3. The van der Waals surface area contributed by atoms with Crippen LogP contribution in [0.2, 0.25) is 0 Å². The van der Waals surface area contributed by atoms with E-state index in [0.29, 0.717) is 5.75 Å². The molecule has 3 rings (SSSR count). The SMILES string of the molecule is COc1ccc(N(CC(=O)N/N=C\c2ccc(OC(C)C)cc2)S(=O)(=O)c2ccc(C)cc2)c(OC)c1. The Balaban J connectivity index is 1.85. The summed E-state index contributed by atoms with van der Waals surface area (Å²) >= 11 is 0. The van der Waals surface area contributed by atoms with Gasteiger partial charge in [0.2, 0.25) is 0 Å². The predicted molar refractivity (Wildman–Crippen MR) is 143 cm³/mol. The molecule has 0 aliphatic heterocycles. The third kappa shape index (κ3) is 7.23. The Hall–Kier alpha value is -4.05. The van der Waals surface area contributed by atoms with E-state index in [0.717, 1.165) is 21.2 Å². The highest BCUT2D eigenvalue weighted by molar-refractivity contribution is 7.92. The highest BCUT2D eigenvalue weighted by Crippen LogP contribution is 2.35. The number of rotatable bonds is 11. The lowest BCUT2D eigenvalue weighted by Gasteiger charge is -2.25. The topological polar surface area (TPSA) is 107 Å². The number of hydrogen-bond donors (Lipinski definition) is 1. The number of hydrazone groups is 1. The van der Waals surface area contributed by atoms with Gasteiger partial charge in [-0.2, -0.15) is 5.10 Å². The molecule has 1 amide bonds. The van der Waals surface area contributed by atoms with Gasteiger partial charge in [0.1, 0.15) is 23.8 Å². The number of anilines is 1. The lowest BCUT2D eigenvalue weighted by atomic mass is 10.2. The molecule has 0 heterocycles. The van der Waals surface area contributed by atoms with Crippen molar-refractivity contribution in [1.82, 2.24) is 5.43 Å². The first-order valence-electron chi connectivity index (χ1n) is 11.5. The van der Waals surface area contributed by atoms with E-state index in [2.05, 4.69) is 10.5 Å². The molecule has 0 aromatic heterocycles. The van der Waals surface area contributed by atoms with Crippen LogP contribution in [0.3, 0.4) is 0 Å². The molecule has 0 saturated heterocycles. The molecule has 0 aliphatic carbocycles. The fourth-order valence-electron chi connectivity index (χ4n) is 3.38. The zero-order valence-electron chi connectivity index (χ0n) is 21.5. The van der Waals surface area contributed by atoms with Crippen LogP contribution in [-0.2, 0) is 14.8 Å². The van der Waals surface area contributed by atoms with Crippen molar-refractivity contribution < 1.29 is 27.4 Å². The minimum atomic E-state index is -4.12. The Labute approximate surface area is 217 Å². The summed E-state index contributed by atoms with van der Waals surface area (Å²) in [5, 5.41) is 3.98. The molecule has 3 aromatic rings. The molecule has 196 valence electrons. The third-order valence-corrected chi connectivity index (χ3v) is 6.98. The second kappa shape index (κ2) is 12.3. The van der Waals surface area contributed by atoms with Crippen LogP contribution < -0.4 is 23.9 Å². The van der Waals surface area contributed by atoms with Gasteiger partial charge in [-0.1, -0.05) is 17.7 Å². The minimum Gasteiger partial charge on any atom is -0.497 e. The van der Waals surface area contributed by atoms with Gasteiger partial charge in [-0.05, 0) is 74.9 Å². The Bertz CT molecular complexity index is 1340. The molecular formula is C27H31N3O6S. The van der Waals surface area contributed by atoms with E-state index in [1.807, 2.05) is 20.8 Å². The zero-order chi connectivity index (χ0) is 27.0. The van der Waals surface area contributed by atoms with E-state index in [1.54, 1.807) is 48.5 Å². The van der Waals surface area contributed by atoms with Gasteiger partial charge in [0.15, 0.2) is 0 Å². The van der Waals surface area contributed by atoms with Crippen molar-refractivity contribution in [1.29, 1.82) is 0 Å². The van der Waals surface area contributed by atoms with Crippen molar-refractivity contribution in [3.63, 3.8) is 0 Å². The number of carbonyl (C=O) groups excluding carboxylic acids is 1. The first kappa shape index (κ1) is 27.5. The molecular weight excluding hydrogens is 494 g/mol. The van der Waals surface area contributed by atoms with Gasteiger partial charge in [0, 0.05) is 6.07 Å². The summed E-state index contributed by atoms with van der Waals surface area (Å²) in [6, 6.07) is 18.2. The first-order valence-corrected chi connectivity index (χ1v) is 13.0. The van der Waals surface area contributed by atoms with Crippen LogP contribution in [0.4, 0.5) is 5.69 Å². The maximum atomic E-state index is 13.6. The Kier molecular flexibility index (Phi) is 9.13. The number of sulfonamides is 1. The third-order valence-electron chi connectivity index (χ3n) is 5.21. The standard InChI is InChI=1S/C27H31N3O6S/c1-19(2)36-22-10-8-21(9-11-22)17-28-29-27(31)18-30(25-15-12-23(34-4)16-26(25)35-5)37(32,33)24-13-6-20(3)7-14-24/h6-17,19H,18H2,1-5H3,(H,29,31)/b28-17-. The van der Waals surface area contributed by atoms with Crippen molar-refractivity contribution in [3.8, 4) is 17.2 Å². The number of aryl methyl sites for hydroxylation is 1. The fourth-order valence-corrected chi connectivity index (χ4v) is 4.81. The molecule has 3 aromatic carbocycles. The molecule has 0 saturated carbocycles. The van der Waals surface area contributed by atoms with Crippen molar-refractivity contribution in [2.24, 2.45) is 5.10 Å². The molecule has 37 heavy (non-hydrogen) atoms. The van der Waals surface area contributed by atoms with Crippen LogP contribution >= 0.6 is 0 Å². The van der Waals surface area contributed by atoms with Gasteiger partial charge >= 0.3 is 0 Å². The molecule has 0 radical (unpaired) electrons. The van der Waals surface area contributed by atoms with Crippen molar-refractivity contribution in [2.75, 3.05) is 25.1 Å². The molecule has 9 nitrogen and oxygen atoms in total. The van der Waals surface area contributed by atoms with E-state index in [4.69, 9.17) is 14.2 Å². The molecule has 0 fully saturated rings. The molecule has 0 unspecified atom stereocenters. The van der Waals surface area contributed by atoms with E-state index in [1.165, 1.54) is 38.6 Å². The monoisotopic (exact) mass is 525 g/mol. The summed E-state index contributed by atoms with van der Waals surface area (Å²) in [5.74, 6) is 0.799. The van der Waals surface area contributed by atoms with Gasteiger partial charge in [0.25, 0.3) is 15.9 Å². The average Bonchev–Trinajstić information content (AvgIpc) is 2.88. The summed E-state index contributed by atoms with van der Waals surface area (Å²) in [7, 11) is -1.22. The molecule has 1 N–H and O–H groups in total. The van der Waals surface area contributed by atoms with Crippen LogP contribution in [0.25, 0.3) is 0 Å². The predicted octanol–water partition coefficient (Wildman–Crippen LogP) is 4.15. The van der Waals surface area contributed by atoms with Gasteiger partial charge in [-0.15, -0.1) is 0 Å². The van der Waals surface area contributed by atoms with Crippen molar-refractivity contribution in [3.05, 3.63) is 77.9 Å². The number of benzene rings is 3. The Morgan fingerprint density at radius 1 is 0.973 bits per heavy atom. The van der Waals surface area contributed by atoms with E-state index >= 15 is 0 Å². The maximum absolute atomic E-state index is 13.6. The summed E-state index contributed by atoms with van der Waals surface area (Å²) < 4.78 is 44.5. The molecule has 0 spiro atoms. The van der Waals surface area contributed by atoms with Crippen LogP contribution in [-0.4, -0.2) is 47.4 Å². The lowest BCUT2D eigenvalue weighted by molar-refractivity contribution is -0.119. The van der Waals surface area contributed by atoms with Gasteiger partial charge in [0.05, 0.1) is 37.1 Å². The summed E-state index contributed by atoms with van der Waals surface area (Å²) in [5.41, 5.74) is 4.22. The van der Waals surface area contributed by atoms with E-state index < -0.39 is 22.5 Å². The maximum Gasteiger partial charge on any atom is 0.264 e. The number of hydrogen-bond acceptors (Lipinski definition) is 7. The minimum absolute atomic E-state index is 0.0379. The highest BCUT2D eigenvalue weighted by Gasteiger charge is 2.29. The quantitative estimate of drug-likeness (QED) is 0.298. The summed E-state index contributed by atoms with van der Waals surface area (Å²) in [6.07, 6.45) is 1.52. The largest absolute Gasteiger partial charge is 0.497 e. The van der Waals surface area contributed by atoms with Crippen LogP contribution in [0.5, 0.6) is 17.2 Å². The van der Waals surface area contributed by atoms with E-state index in [-0.39, 0.29) is 22.4 Å². The molecule has 0 aliphatic rings. The highest BCUT2D eigenvalue weighted by atomic mass is 32.2. The average molecular weight is 526 g/mol. The Morgan fingerprint density at radius 3 is 2.22 bits per heavy atom. The molecule has 0 atom stereocenters. The number of carbonyl (C=O) groups is 1. The normalized spacial score (nSPS) is 11.4. The Morgan fingerprint density at radius 2 is 1.62 bits per heavy atom. The van der Waals surface area contributed by atoms with Gasteiger partial charge in [-0.25, -0.2) is 13.8 Å². The van der Waals surface area contributed by atoms with Crippen molar-refractivity contribution >= 4 is 27.8 Å². The fraction of sp³-hybridized carbons (Fsp3) is 0.259. The van der Waals surface area contributed by atoms with Gasteiger partial charge < -0.3 is 14.2 Å². The molecule has 0 bridgehead atoms. The van der Waals surface area contributed by atoms with Crippen molar-refractivity contribution in [2.45, 2.75) is 31.8 Å². The van der Waals surface area contributed by atoms with Crippen LogP contribution in [0.15, 0.2) is 76.7 Å². The number of ether oxygens (including phenoxy) is 3. The first-order chi connectivity index (χ1) is 17.6. The summed E-state index contributed by atoms with van der Waals surface area (Å²) in [6.45, 7) is 5.21. The molecule has 10 heteroatoms. The van der Waals surface area contributed by atoms with Crippen LogP contribution in [0, 0.1) is 6.92 Å². The number of amides is 1. The second-order valence-corrected chi connectivity index (χ2v) is 10.3. The van der Waals surface area contributed by atoms with Gasteiger partial charge in [-0.3, -0.25) is 9.10 Å².